The van der Waals surface area contributed by atoms with E-state index in [-0.39, 0.29) is 6.04 Å². The number of aromatic nitrogens is 1. The maximum absolute atomic E-state index is 4.51. The molecule has 2 aromatic carbocycles. The van der Waals surface area contributed by atoms with Gasteiger partial charge in [-0.3, -0.25) is 0 Å². The molecule has 1 N–H and O–H groups in total. The lowest BCUT2D eigenvalue weighted by atomic mass is 10.0. The Hall–Kier alpha value is -1.87. The molecule has 0 aliphatic rings. The molecule has 0 saturated carbocycles. The predicted octanol–water partition coefficient (Wildman–Crippen LogP) is 5.48. The van der Waals surface area contributed by atoms with E-state index in [9.17, 15) is 0 Å². The maximum atomic E-state index is 4.51. The van der Waals surface area contributed by atoms with Crippen LogP contribution in [-0.4, -0.2) is 4.98 Å². The molecule has 0 radical (unpaired) electrons. The molecule has 1 heterocycles. The van der Waals surface area contributed by atoms with Crippen molar-refractivity contribution >= 4 is 32.5 Å². The highest BCUT2D eigenvalue weighted by Gasteiger charge is 2.11. The minimum atomic E-state index is 0.211. The normalized spacial score (nSPS) is 12.3. The predicted molar refractivity (Wildman–Crippen MR) is 92.7 cm³/mol. The Morgan fingerprint density at radius 1 is 1.00 bits per heavy atom. The molecular formula is C18H17BrN2. The van der Waals surface area contributed by atoms with Crippen LogP contribution in [0.2, 0.25) is 0 Å². The van der Waals surface area contributed by atoms with Crippen molar-refractivity contribution in [3.63, 3.8) is 0 Å². The summed E-state index contributed by atoms with van der Waals surface area (Å²) in [7, 11) is 0. The first-order valence-electron chi connectivity index (χ1n) is 7.02. The van der Waals surface area contributed by atoms with Crippen molar-refractivity contribution in [1.82, 2.24) is 4.98 Å². The molecule has 106 valence electrons. The lowest BCUT2D eigenvalue weighted by Gasteiger charge is -2.18. The van der Waals surface area contributed by atoms with Crippen LogP contribution >= 0.6 is 15.9 Å². The van der Waals surface area contributed by atoms with Gasteiger partial charge in [0.25, 0.3) is 0 Å². The van der Waals surface area contributed by atoms with Crippen LogP contribution in [0.5, 0.6) is 0 Å². The fourth-order valence-electron chi connectivity index (χ4n) is 2.64. The van der Waals surface area contributed by atoms with Crippen LogP contribution < -0.4 is 5.32 Å². The second-order valence-electron chi connectivity index (χ2n) is 5.22. The molecular weight excluding hydrogens is 324 g/mol. The van der Waals surface area contributed by atoms with Crippen molar-refractivity contribution in [3.8, 4) is 0 Å². The van der Waals surface area contributed by atoms with Crippen molar-refractivity contribution in [1.29, 1.82) is 0 Å². The number of aryl methyl sites for hydroxylation is 1. The van der Waals surface area contributed by atoms with E-state index < -0.39 is 0 Å². The van der Waals surface area contributed by atoms with Crippen molar-refractivity contribution in [3.05, 3.63) is 70.3 Å². The fraction of sp³-hybridized carbons (Fsp3) is 0.167. The van der Waals surface area contributed by atoms with E-state index in [1.54, 1.807) is 0 Å². The summed E-state index contributed by atoms with van der Waals surface area (Å²) in [5.74, 6) is 0.921. The van der Waals surface area contributed by atoms with Crippen molar-refractivity contribution in [2.24, 2.45) is 0 Å². The SMILES string of the molecule is Cc1ccccc1C(C)Nc1nccc2c(Br)cccc12. The largest absolute Gasteiger partial charge is 0.363 e. The molecule has 0 fully saturated rings. The van der Waals surface area contributed by atoms with Gasteiger partial charge in [0.1, 0.15) is 5.82 Å². The summed E-state index contributed by atoms with van der Waals surface area (Å²) in [6.45, 7) is 4.31. The highest BCUT2D eigenvalue weighted by Crippen LogP contribution is 2.30. The van der Waals surface area contributed by atoms with Crippen molar-refractivity contribution < 1.29 is 0 Å². The third-order valence-electron chi connectivity index (χ3n) is 3.76. The number of anilines is 1. The molecule has 1 unspecified atom stereocenters. The lowest BCUT2D eigenvalue weighted by Crippen LogP contribution is -2.09. The molecule has 0 amide bonds. The van der Waals surface area contributed by atoms with Gasteiger partial charge in [0.05, 0.1) is 6.04 Å². The summed E-state index contributed by atoms with van der Waals surface area (Å²) >= 11 is 3.60. The first-order chi connectivity index (χ1) is 10.2. The van der Waals surface area contributed by atoms with Crippen LogP contribution in [-0.2, 0) is 0 Å². The van der Waals surface area contributed by atoms with Gasteiger partial charge in [-0.05, 0) is 37.1 Å². The number of rotatable bonds is 3. The van der Waals surface area contributed by atoms with Gasteiger partial charge in [0.2, 0.25) is 0 Å². The molecule has 0 bridgehead atoms. The Bertz CT molecular complexity index is 783. The standard InChI is InChI=1S/C18H17BrN2/c1-12-6-3-4-7-14(12)13(2)21-18-16-8-5-9-17(19)15(16)10-11-20-18/h3-11,13H,1-2H3,(H,20,21). The number of hydrogen-bond acceptors (Lipinski definition) is 2. The highest BCUT2D eigenvalue weighted by molar-refractivity contribution is 9.10. The Morgan fingerprint density at radius 3 is 2.62 bits per heavy atom. The number of nitrogens with one attached hydrogen (secondary N) is 1. The molecule has 21 heavy (non-hydrogen) atoms. The van der Waals surface area contributed by atoms with E-state index in [1.165, 1.54) is 16.5 Å². The van der Waals surface area contributed by atoms with Crippen molar-refractivity contribution in [2.45, 2.75) is 19.9 Å². The third-order valence-corrected chi connectivity index (χ3v) is 4.45. The van der Waals surface area contributed by atoms with Crippen LogP contribution in [0.25, 0.3) is 10.8 Å². The number of nitrogens with zero attached hydrogens (tertiary/aromatic N) is 1. The summed E-state index contributed by atoms with van der Waals surface area (Å²) < 4.78 is 1.09. The molecule has 1 atom stereocenters. The second kappa shape index (κ2) is 5.86. The highest BCUT2D eigenvalue weighted by atomic mass is 79.9. The van der Waals surface area contributed by atoms with E-state index in [1.807, 2.05) is 18.3 Å². The lowest BCUT2D eigenvalue weighted by molar-refractivity contribution is 0.867. The van der Waals surface area contributed by atoms with Gasteiger partial charge in [-0.15, -0.1) is 0 Å². The zero-order valence-electron chi connectivity index (χ0n) is 12.1. The second-order valence-corrected chi connectivity index (χ2v) is 6.07. The van der Waals surface area contributed by atoms with Crippen LogP contribution in [0.1, 0.15) is 24.1 Å². The first kappa shape index (κ1) is 14.1. The Labute approximate surface area is 133 Å². The van der Waals surface area contributed by atoms with Gasteiger partial charge >= 0.3 is 0 Å². The molecule has 3 heteroatoms. The van der Waals surface area contributed by atoms with Crippen LogP contribution in [0.3, 0.4) is 0 Å². The molecule has 3 rings (SSSR count). The number of benzene rings is 2. The van der Waals surface area contributed by atoms with Gasteiger partial charge in [-0.1, -0.05) is 52.3 Å². The average Bonchev–Trinajstić information content (AvgIpc) is 2.49. The number of halogens is 1. The zero-order valence-corrected chi connectivity index (χ0v) is 13.7. The van der Waals surface area contributed by atoms with Gasteiger partial charge in [-0.2, -0.15) is 0 Å². The van der Waals surface area contributed by atoms with Gasteiger partial charge < -0.3 is 5.32 Å². The van der Waals surface area contributed by atoms with E-state index >= 15 is 0 Å². The Kier molecular flexibility index (Phi) is 3.93. The number of pyridine rings is 1. The molecule has 0 spiro atoms. The van der Waals surface area contributed by atoms with Gasteiger partial charge in [0, 0.05) is 21.4 Å². The maximum Gasteiger partial charge on any atom is 0.134 e. The summed E-state index contributed by atoms with van der Waals surface area (Å²) in [6, 6.07) is 16.9. The van der Waals surface area contributed by atoms with Gasteiger partial charge in [0.15, 0.2) is 0 Å². The molecule has 0 aliphatic heterocycles. The number of hydrogen-bond donors (Lipinski definition) is 1. The summed E-state index contributed by atoms with van der Waals surface area (Å²) in [5, 5.41) is 5.84. The van der Waals surface area contributed by atoms with E-state index in [0.29, 0.717) is 0 Å². The molecule has 2 nitrogen and oxygen atoms in total. The third kappa shape index (κ3) is 2.79. The molecule has 0 saturated heterocycles. The summed E-state index contributed by atoms with van der Waals surface area (Å²) in [6.07, 6.45) is 1.85. The van der Waals surface area contributed by atoms with Crippen LogP contribution in [0.15, 0.2) is 59.2 Å². The quantitative estimate of drug-likeness (QED) is 0.682. The fourth-order valence-corrected chi connectivity index (χ4v) is 3.14. The minimum absolute atomic E-state index is 0.211. The summed E-state index contributed by atoms with van der Waals surface area (Å²) in [5.41, 5.74) is 2.59. The Morgan fingerprint density at radius 2 is 1.81 bits per heavy atom. The molecule has 1 aromatic heterocycles. The topological polar surface area (TPSA) is 24.9 Å². The summed E-state index contributed by atoms with van der Waals surface area (Å²) in [4.78, 5) is 4.51. The van der Waals surface area contributed by atoms with Crippen LogP contribution in [0, 0.1) is 6.92 Å². The zero-order chi connectivity index (χ0) is 14.8. The van der Waals surface area contributed by atoms with E-state index in [2.05, 4.69) is 76.5 Å². The molecule has 0 aliphatic carbocycles. The average molecular weight is 341 g/mol. The van der Waals surface area contributed by atoms with E-state index in [0.717, 1.165) is 15.7 Å². The monoisotopic (exact) mass is 340 g/mol. The minimum Gasteiger partial charge on any atom is -0.363 e. The number of fused-ring (bicyclic) bond motifs is 1. The van der Waals surface area contributed by atoms with E-state index in [4.69, 9.17) is 0 Å². The smallest absolute Gasteiger partial charge is 0.134 e. The Balaban J connectivity index is 1.99. The first-order valence-corrected chi connectivity index (χ1v) is 7.81. The van der Waals surface area contributed by atoms with Crippen LogP contribution in [0.4, 0.5) is 5.82 Å². The van der Waals surface area contributed by atoms with Crippen molar-refractivity contribution in [2.75, 3.05) is 5.32 Å². The van der Waals surface area contributed by atoms with Gasteiger partial charge in [-0.25, -0.2) is 4.98 Å². The molecule has 3 aromatic rings.